The van der Waals surface area contributed by atoms with Crippen LogP contribution >= 0.6 is 0 Å². The van der Waals surface area contributed by atoms with Crippen LogP contribution in [0.5, 0.6) is 11.5 Å². The highest BCUT2D eigenvalue weighted by molar-refractivity contribution is 5.80. The van der Waals surface area contributed by atoms with Crippen molar-refractivity contribution in [3.05, 3.63) is 23.8 Å². The van der Waals surface area contributed by atoms with Crippen LogP contribution in [0.4, 0.5) is 4.79 Å². The molecule has 156 valence electrons. The zero-order valence-electron chi connectivity index (χ0n) is 17.5. The minimum absolute atomic E-state index is 0.0206. The van der Waals surface area contributed by atoms with E-state index in [0.29, 0.717) is 39.3 Å². The Bertz CT molecular complexity index is 663. The molecule has 1 aromatic carbocycles. The van der Waals surface area contributed by atoms with E-state index in [1.54, 1.807) is 23.9 Å². The van der Waals surface area contributed by atoms with Crippen molar-refractivity contribution < 1.29 is 19.1 Å². The number of piperidine rings is 1. The number of ether oxygens (including phenoxy) is 2. The molecule has 7 nitrogen and oxygen atoms in total. The Balaban J connectivity index is 1.86. The summed E-state index contributed by atoms with van der Waals surface area (Å²) in [6.45, 7) is 6.80. The largest absolute Gasteiger partial charge is 0.490 e. The van der Waals surface area contributed by atoms with Gasteiger partial charge in [0.2, 0.25) is 5.91 Å². The summed E-state index contributed by atoms with van der Waals surface area (Å²) < 4.78 is 11.2. The molecular formula is C21H33N3O4. The molecule has 1 atom stereocenters. The molecule has 1 aromatic rings. The van der Waals surface area contributed by atoms with E-state index in [2.05, 4.69) is 5.32 Å². The minimum atomic E-state index is -0.142. The van der Waals surface area contributed by atoms with Gasteiger partial charge in [0.1, 0.15) is 0 Å². The number of likely N-dealkylation sites (tertiary alicyclic amines) is 1. The summed E-state index contributed by atoms with van der Waals surface area (Å²) in [7, 11) is 3.47. The molecule has 0 aromatic heterocycles. The second kappa shape index (κ2) is 10.8. The van der Waals surface area contributed by atoms with Gasteiger partial charge in [-0.25, -0.2) is 4.79 Å². The van der Waals surface area contributed by atoms with Crippen LogP contribution in [0.2, 0.25) is 0 Å². The maximum absolute atomic E-state index is 12.5. The molecule has 2 rings (SSSR count). The first kappa shape index (κ1) is 21.9. The second-order valence-corrected chi connectivity index (χ2v) is 7.15. The Morgan fingerprint density at radius 3 is 2.57 bits per heavy atom. The highest BCUT2D eigenvalue weighted by Gasteiger charge is 2.28. The maximum Gasteiger partial charge on any atom is 0.319 e. The van der Waals surface area contributed by atoms with E-state index in [1.165, 1.54) is 0 Å². The van der Waals surface area contributed by atoms with Crippen LogP contribution in [0, 0.1) is 5.92 Å². The van der Waals surface area contributed by atoms with Crippen molar-refractivity contribution in [3.8, 4) is 11.5 Å². The summed E-state index contributed by atoms with van der Waals surface area (Å²) in [6.07, 6.45) is 2.39. The lowest BCUT2D eigenvalue weighted by molar-refractivity contribution is -0.126. The minimum Gasteiger partial charge on any atom is -0.490 e. The fourth-order valence-electron chi connectivity index (χ4n) is 3.37. The third kappa shape index (κ3) is 6.04. The van der Waals surface area contributed by atoms with Crippen LogP contribution in [0.1, 0.15) is 32.3 Å². The maximum atomic E-state index is 12.5. The molecule has 1 heterocycles. The molecule has 0 bridgehead atoms. The highest BCUT2D eigenvalue weighted by atomic mass is 16.5. The molecule has 0 spiro atoms. The molecule has 1 aliphatic heterocycles. The molecule has 0 radical (unpaired) electrons. The van der Waals surface area contributed by atoms with Gasteiger partial charge in [0.15, 0.2) is 11.5 Å². The van der Waals surface area contributed by atoms with Gasteiger partial charge in [0.05, 0.1) is 19.1 Å². The van der Waals surface area contributed by atoms with Crippen LogP contribution in [0.15, 0.2) is 18.2 Å². The monoisotopic (exact) mass is 391 g/mol. The summed E-state index contributed by atoms with van der Waals surface area (Å²) in [5.41, 5.74) is 1.08. The molecule has 28 heavy (non-hydrogen) atoms. The van der Waals surface area contributed by atoms with Gasteiger partial charge in [-0.3, -0.25) is 4.79 Å². The van der Waals surface area contributed by atoms with Crippen molar-refractivity contribution in [2.24, 2.45) is 5.92 Å². The summed E-state index contributed by atoms with van der Waals surface area (Å²) in [5.74, 6) is 1.35. The van der Waals surface area contributed by atoms with Crippen molar-refractivity contribution in [2.75, 3.05) is 46.9 Å². The highest BCUT2D eigenvalue weighted by Crippen LogP contribution is 2.28. The Labute approximate surface area is 168 Å². The van der Waals surface area contributed by atoms with Gasteiger partial charge in [-0.15, -0.1) is 0 Å². The van der Waals surface area contributed by atoms with Crippen LogP contribution in [0.3, 0.4) is 0 Å². The van der Waals surface area contributed by atoms with Gasteiger partial charge in [-0.1, -0.05) is 6.07 Å². The number of hydrogen-bond donors (Lipinski definition) is 1. The van der Waals surface area contributed by atoms with Crippen molar-refractivity contribution >= 4 is 11.9 Å². The summed E-state index contributed by atoms with van der Waals surface area (Å²) in [6, 6.07) is 5.85. The summed E-state index contributed by atoms with van der Waals surface area (Å²) in [5, 5.41) is 3.02. The normalized spacial score (nSPS) is 16.4. The number of urea groups is 1. The van der Waals surface area contributed by atoms with E-state index < -0.39 is 0 Å². The first-order valence-electron chi connectivity index (χ1n) is 10.1. The van der Waals surface area contributed by atoms with Crippen molar-refractivity contribution in [3.63, 3.8) is 0 Å². The van der Waals surface area contributed by atoms with Crippen LogP contribution in [0.25, 0.3) is 0 Å². The molecule has 0 unspecified atom stereocenters. The standard InChI is InChI=1S/C21H33N3O4/c1-5-27-18-10-9-16(14-19(18)28-6-2)11-12-22-20(25)17-8-7-13-24(15-17)21(26)23(3)4/h9-10,14,17H,5-8,11-13,15H2,1-4H3,(H,22,25)/t17-/m0/s1. The quantitative estimate of drug-likeness (QED) is 0.739. The Morgan fingerprint density at radius 2 is 1.89 bits per heavy atom. The number of nitrogens with one attached hydrogen (secondary N) is 1. The number of carbonyl (C=O) groups is 2. The van der Waals surface area contributed by atoms with Crippen LogP contribution < -0.4 is 14.8 Å². The predicted octanol–water partition coefficient (Wildman–Crippen LogP) is 2.54. The van der Waals surface area contributed by atoms with E-state index in [-0.39, 0.29) is 17.9 Å². The lowest BCUT2D eigenvalue weighted by Crippen LogP contribution is -2.48. The molecule has 0 aliphatic carbocycles. The SMILES string of the molecule is CCOc1ccc(CCNC(=O)[C@H]2CCCN(C(=O)N(C)C)C2)cc1OCC. The fourth-order valence-corrected chi connectivity index (χ4v) is 3.37. The number of amides is 3. The van der Waals surface area contributed by atoms with Gasteiger partial charge >= 0.3 is 6.03 Å². The summed E-state index contributed by atoms with van der Waals surface area (Å²) >= 11 is 0. The van der Waals surface area contributed by atoms with Gasteiger partial charge in [-0.05, 0) is 50.8 Å². The molecule has 1 aliphatic rings. The van der Waals surface area contributed by atoms with E-state index in [4.69, 9.17) is 9.47 Å². The molecule has 1 fully saturated rings. The lowest BCUT2D eigenvalue weighted by atomic mass is 9.97. The molecular weight excluding hydrogens is 358 g/mol. The molecule has 1 saturated heterocycles. The van der Waals surface area contributed by atoms with Crippen LogP contribution in [-0.4, -0.2) is 68.7 Å². The average Bonchev–Trinajstić information content (AvgIpc) is 2.69. The molecule has 7 heteroatoms. The lowest BCUT2D eigenvalue weighted by Gasteiger charge is -2.33. The van der Waals surface area contributed by atoms with Crippen molar-refractivity contribution in [1.82, 2.24) is 15.1 Å². The Hall–Kier alpha value is -2.44. The Morgan fingerprint density at radius 1 is 1.18 bits per heavy atom. The first-order valence-corrected chi connectivity index (χ1v) is 10.1. The predicted molar refractivity (Wildman–Crippen MR) is 109 cm³/mol. The zero-order valence-corrected chi connectivity index (χ0v) is 17.5. The molecule has 1 N–H and O–H groups in total. The molecule has 0 saturated carbocycles. The van der Waals surface area contributed by atoms with E-state index in [1.807, 2.05) is 32.0 Å². The Kier molecular flexibility index (Phi) is 8.42. The van der Waals surface area contributed by atoms with Gasteiger partial charge in [0, 0.05) is 33.7 Å². The smallest absolute Gasteiger partial charge is 0.319 e. The van der Waals surface area contributed by atoms with Gasteiger partial charge in [-0.2, -0.15) is 0 Å². The van der Waals surface area contributed by atoms with E-state index in [9.17, 15) is 9.59 Å². The summed E-state index contributed by atoms with van der Waals surface area (Å²) in [4.78, 5) is 28.0. The van der Waals surface area contributed by atoms with E-state index >= 15 is 0 Å². The van der Waals surface area contributed by atoms with Crippen molar-refractivity contribution in [1.29, 1.82) is 0 Å². The third-order valence-electron chi connectivity index (χ3n) is 4.77. The van der Waals surface area contributed by atoms with Crippen molar-refractivity contribution in [2.45, 2.75) is 33.1 Å². The number of hydrogen-bond acceptors (Lipinski definition) is 4. The third-order valence-corrected chi connectivity index (χ3v) is 4.77. The van der Waals surface area contributed by atoms with Gasteiger partial charge < -0.3 is 24.6 Å². The zero-order chi connectivity index (χ0) is 20.5. The second-order valence-electron chi connectivity index (χ2n) is 7.15. The van der Waals surface area contributed by atoms with Gasteiger partial charge in [0.25, 0.3) is 0 Å². The van der Waals surface area contributed by atoms with Crippen LogP contribution in [-0.2, 0) is 11.2 Å². The molecule has 3 amide bonds. The number of nitrogens with zero attached hydrogens (tertiary/aromatic N) is 2. The fraction of sp³-hybridized carbons (Fsp3) is 0.619. The topological polar surface area (TPSA) is 71.1 Å². The number of benzene rings is 1. The number of rotatable bonds is 8. The first-order chi connectivity index (χ1) is 13.5. The average molecular weight is 392 g/mol. The van der Waals surface area contributed by atoms with E-state index in [0.717, 1.165) is 29.9 Å². The number of carbonyl (C=O) groups excluding carboxylic acids is 2.